The Bertz CT molecular complexity index is 1280. The molecule has 2 aliphatic heterocycles. The highest BCUT2D eigenvalue weighted by Gasteiger charge is 2.64. The summed E-state index contributed by atoms with van der Waals surface area (Å²) in [5.74, 6) is -1.17. The third kappa shape index (κ3) is 2.07. The zero-order valence-electron chi connectivity index (χ0n) is 15.3. The molecule has 0 fully saturated rings. The number of β-amino-alcohol motifs (C(OH)–C–C–N with tert-alkyl or cyclic N) is 1. The number of anilines is 1. The SMILES string of the molecule is CN1C(=O)C2(c3ccccc31)c1c(oc3ccc(Br)cc3c1=O)C(=O)N2CCO. The predicted molar refractivity (Wildman–Crippen MR) is 109 cm³/mol. The van der Waals surface area contributed by atoms with Gasteiger partial charge in [0.25, 0.3) is 11.8 Å². The summed E-state index contributed by atoms with van der Waals surface area (Å²) in [4.78, 5) is 43.2. The van der Waals surface area contributed by atoms with Gasteiger partial charge in [-0.05, 0) is 24.3 Å². The zero-order valence-corrected chi connectivity index (χ0v) is 16.9. The summed E-state index contributed by atoms with van der Waals surface area (Å²) >= 11 is 3.35. The van der Waals surface area contributed by atoms with Crippen LogP contribution in [0.3, 0.4) is 0 Å². The van der Waals surface area contributed by atoms with Gasteiger partial charge in [-0.25, -0.2) is 0 Å². The molecule has 0 bridgehead atoms. The molecular weight excluding hydrogens is 440 g/mol. The molecule has 7 nitrogen and oxygen atoms in total. The summed E-state index contributed by atoms with van der Waals surface area (Å²) in [6.07, 6.45) is 0. The molecule has 1 spiro atoms. The van der Waals surface area contributed by atoms with Gasteiger partial charge in [0.1, 0.15) is 5.58 Å². The second-order valence-electron chi connectivity index (χ2n) is 7.05. The Hall–Kier alpha value is -2.97. The van der Waals surface area contributed by atoms with Crippen LogP contribution in [0.15, 0.2) is 56.1 Å². The summed E-state index contributed by atoms with van der Waals surface area (Å²) in [7, 11) is 1.61. The van der Waals surface area contributed by atoms with Gasteiger partial charge < -0.3 is 19.3 Å². The fraction of sp³-hybridized carbons (Fsp3) is 0.190. The third-order valence-electron chi connectivity index (χ3n) is 5.65. The number of carbonyl (C=O) groups excluding carboxylic acids is 2. The van der Waals surface area contributed by atoms with Gasteiger partial charge in [0, 0.05) is 29.3 Å². The number of nitrogens with zero attached hydrogens (tertiary/aromatic N) is 2. The van der Waals surface area contributed by atoms with Crippen LogP contribution < -0.4 is 10.3 Å². The molecule has 1 unspecified atom stereocenters. The molecular formula is C21H15BrN2O5. The number of para-hydroxylation sites is 1. The number of rotatable bonds is 2. The lowest BCUT2D eigenvalue weighted by Gasteiger charge is -2.33. The Balaban J connectivity index is 1.96. The van der Waals surface area contributed by atoms with Crippen LogP contribution >= 0.6 is 15.9 Å². The van der Waals surface area contributed by atoms with E-state index in [0.717, 1.165) is 0 Å². The van der Waals surface area contributed by atoms with E-state index in [-0.39, 0.29) is 35.4 Å². The highest BCUT2D eigenvalue weighted by atomic mass is 79.9. The first-order chi connectivity index (χ1) is 13.9. The first-order valence-corrected chi connectivity index (χ1v) is 9.79. The first-order valence-electron chi connectivity index (χ1n) is 9.00. The Labute approximate surface area is 173 Å². The van der Waals surface area contributed by atoms with Gasteiger partial charge in [0.2, 0.25) is 5.76 Å². The summed E-state index contributed by atoms with van der Waals surface area (Å²) in [6, 6.07) is 12.0. The summed E-state index contributed by atoms with van der Waals surface area (Å²) in [5, 5.41) is 9.90. The van der Waals surface area contributed by atoms with E-state index in [1.54, 1.807) is 49.5 Å². The molecule has 1 atom stereocenters. The van der Waals surface area contributed by atoms with E-state index in [9.17, 15) is 19.5 Å². The molecule has 0 radical (unpaired) electrons. The molecule has 146 valence electrons. The maximum absolute atomic E-state index is 13.6. The first kappa shape index (κ1) is 18.1. The van der Waals surface area contributed by atoms with Gasteiger partial charge >= 0.3 is 0 Å². The van der Waals surface area contributed by atoms with Crippen LogP contribution in [0.2, 0.25) is 0 Å². The fourth-order valence-electron chi connectivity index (χ4n) is 4.47. The van der Waals surface area contributed by atoms with Gasteiger partial charge in [-0.3, -0.25) is 14.4 Å². The van der Waals surface area contributed by atoms with Crippen molar-refractivity contribution < 1.29 is 19.1 Å². The van der Waals surface area contributed by atoms with E-state index in [4.69, 9.17) is 4.42 Å². The predicted octanol–water partition coefficient (Wildman–Crippen LogP) is 2.22. The lowest BCUT2D eigenvalue weighted by atomic mass is 9.84. The number of halogens is 1. The standard InChI is InChI=1S/C21H15BrN2O5/c1-23-14-5-3-2-4-13(14)21(20(23)28)16-17(26)12-10-11(22)6-7-15(12)29-18(16)19(27)24(21)8-9-25/h2-7,10,25H,8-9H2,1H3. The van der Waals surface area contributed by atoms with E-state index in [0.29, 0.717) is 15.7 Å². The minimum Gasteiger partial charge on any atom is -0.450 e. The molecule has 2 aliphatic rings. The quantitative estimate of drug-likeness (QED) is 0.640. The maximum atomic E-state index is 13.6. The van der Waals surface area contributed by atoms with Crippen molar-refractivity contribution in [3.8, 4) is 0 Å². The normalized spacial score (nSPS) is 20.1. The smallest absolute Gasteiger partial charge is 0.291 e. The molecule has 0 aliphatic carbocycles. The van der Waals surface area contributed by atoms with Crippen molar-refractivity contribution in [2.75, 3.05) is 25.1 Å². The second kappa shape index (κ2) is 6.01. The zero-order chi connectivity index (χ0) is 20.5. The Morgan fingerprint density at radius 3 is 2.66 bits per heavy atom. The lowest BCUT2D eigenvalue weighted by Crippen LogP contribution is -2.53. The van der Waals surface area contributed by atoms with Crippen LogP contribution in [0.25, 0.3) is 11.0 Å². The Morgan fingerprint density at radius 2 is 1.90 bits per heavy atom. The number of amides is 2. The van der Waals surface area contributed by atoms with Crippen molar-refractivity contribution in [1.29, 1.82) is 0 Å². The van der Waals surface area contributed by atoms with E-state index >= 15 is 0 Å². The van der Waals surface area contributed by atoms with Gasteiger partial charge in [-0.1, -0.05) is 34.1 Å². The van der Waals surface area contributed by atoms with Crippen LogP contribution in [0.4, 0.5) is 5.69 Å². The number of hydrogen-bond acceptors (Lipinski definition) is 5. The summed E-state index contributed by atoms with van der Waals surface area (Å²) in [5.41, 5.74) is -0.696. The molecule has 0 saturated heterocycles. The van der Waals surface area contributed by atoms with Crippen molar-refractivity contribution in [2.45, 2.75) is 5.54 Å². The van der Waals surface area contributed by atoms with Gasteiger partial charge in [-0.2, -0.15) is 0 Å². The van der Waals surface area contributed by atoms with Crippen LogP contribution in [0.1, 0.15) is 21.7 Å². The molecule has 1 aromatic heterocycles. The summed E-state index contributed by atoms with van der Waals surface area (Å²) < 4.78 is 6.53. The number of aliphatic hydroxyl groups is 1. The van der Waals surface area contributed by atoms with Crippen molar-refractivity contribution in [3.05, 3.63) is 74.0 Å². The number of carbonyl (C=O) groups is 2. The number of fused-ring (bicyclic) bond motifs is 5. The van der Waals surface area contributed by atoms with Crippen molar-refractivity contribution in [3.63, 3.8) is 0 Å². The fourth-order valence-corrected chi connectivity index (χ4v) is 4.83. The molecule has 5 rings (SSSR count). The highest BCUT2D eigenvalue weighted by Crippen LogP contribution is 2.51. The number of likely N-dealkylation sites (N-methyl/N-ethyl adjacent to an activating group) is 1. The second-order valence-corrected chi connectivity index (χ2v) is 7.96. The largest absolute Gasteiger partial charge is 0.450 e. The highest BCUT2D eigenvalue weighted by molar-refractivity contribution is 9.10. The van der Waals surface area contributed by atoms with Crippen LogP contribution in [-0.4, -0.2) is 42.0 Å². The number of aliphatic hydroxyl groups excluding tert-OH is 1. The molecule has 1 N–H and O–H groups in total. The third-order valence-corrected chi connectivity index (χ3v) is 6.14. The minimum absolute atomic E-state index is 0.00310. The molecule has 29 heavy (non-hydrogen) atoms. The van der Waals surface area contributed by atoms with E-state index in [1.165, 1.54) is 9.80 Å². The molecule has 2 aromatic carbocycles. The van der Waals surface area contributed by atoms with E-state index in [2.05, 4.69) is 15.9 Å². The van der Waals surface area contributed by atoms with Crippen LogP contribution in [0.5, 0.6) is 0 Å². The maximum Gasteiger partial charge on any atom is 0.291 e. The molecule has 3 aromatic rings. The van der Waals surface area contributed by atoms with Crippen LogP contribution in [-0.2, 0) is 10.3 Å². The molecule has 0 saturated carbocycles. The van der Waals surface area contributed by atoms with Crippen LogP contribution in [0, 0.1) is 0 Å². The van der Waals surface area contributed by atoms with Crippen molar-refractivity contribution in [1.82, 2.24) is 4.90 Å². The van der Waals surface area contributed by atoms with Crippen molar-refractivity contribution in [2.24, 2.45) is 0 Å². The lowest BCUT2D eigenvalue weighted by molar-refractivity contribution is -0.125. The average molecular weight is 455 g/mol. The van der Waals surface area contributed by atoms with Gasteiger partial charge in [-0.15, -0.1) is 0 Å². The Kier molecular flexibility index (Phi) is 3.75. The molecule has 2 amide bonds. The monoisotopic (exact) mass is 454 g/mol. The van der Waals surface area contributed by atoms with E-state index < -0.39 is 22.8 Å². The topological polar surface area (TPSA) is 91.1 Å². The van der Waals surface area contributed by atoms with E-state index in [1.807, 2.05) is 0 Å². The van der Waals surface area contributed by atoms with Gasteiger partial charge in [0.15, 0.2) is 11.0 Å². The minimum atomic E-state index is -1.66. The average Bonchev–Trinajstić information content (AvgIpc) is 3.09. The Morgan fingerprint density at radius 1 is 1.14 bits per heavy atom. The molecule has 3 heterocycles. The molecule has 8 heteroatoms. The van der Waals surface area contributed by atoms with Crippen molar-refractivity contribution >= 4 is 44.4 Å². The summed E-state index contributed by atoms with van der Waals surface area (Å²) in [6.45, 7) is -0.476. The number of benzene rings is 2. The van der Waals surface area contributed by atoms with Gasteiger partial charge in [0.05, 0.1) is 17.6 Å². The number of hydrogen-bond donors (Lipinski definition) is 1.